The van der Waals surface area contributed by atoms with Crippen molar-refractivity contribution in [3.8, 4) is 0 Å². The molecule has 1 heterocycles. The smallest absolute Gasteiger partial charge is 0.207 e. The number of sulfonamides is 1. The molecule has 1 aromatic carbocycles. The molecule has 0 amide bonds. The number of hydrogen-bond acceptors (Lipinski definition) is 2. The molecule has 1 fully saturated rings. The molecule has 0 radical (unpaired) electrons. The molecule has 1 aromatic rings. The van der Waals surface area contributed by atoms with E-state index in [-0.39, 0.29) is 0 Å². The fraction of sp³-hybridized carbons (Fsp3) is 0.571. The fourth-order valence-corrected chi connectivity index (χ4v) is 3.84. The minimum atomic E-state index is -3.29. The Morgan fingerprint density at radius 1 is 0.889 bits per heavy atom. The van der Waals surface area contributed by atoms with Crippen molar-refractivity contribution in [2.75, 3.05) is 13.1 Å². The fourth-order valence-electron chi connectivity index (χ4n) is 2.32. The Morgan fingerprint density at radius 2 is 1.39 bits per heavy atom. The summed E-state index contributed by atoms with van der Waals surface area (Å²) in [7, 11) is -3.29. The maximum Gasteiger partial charge on any atom is 0.243 e. The van der Waals surface area contributed by atoms with Crippen LogP contribution in [0.2, 0.25) is 0 Å². The Morgan fingerprint density at radius 3 is 1.94 bits per heavy atom. The predicted octanol–water partition coefficient (Wildman–Crippen LogP) is 2.95. The molecule has 0 unspecified atom stereocenters. The van der Waals surface area contributed by atoms with E-state index in [9.17, 15) is 8.42 Å². The van der Waals surface area contributed by atoms with E-state index in [1.165, 1.54) is 6.42 Å². The molecule has 0 bridgehead atoms. The van der Waals surface area contributed by atoms with Gasteiger partial charge in [0.15, 0.2) is 0 Å². The van der Waals surface area contributed by atoms with Crippen LogP contribution in [-0.4, -0.2) is 25.8 Å². The van der Waals surface area contributed by atoms with E-state index in [2.05, 4.69) is 0 Å². The minimum absolute atomic E-state index is 0.425. The van der Waals surface area contributed by atoms with Gasteiger partial charge < -0.3 is 0 Å². The largest absolute Gasteiger partial charge is 0.243 e. The van der Waals surface area contributed by atoms with Crippen molar-refractivity contribution in [1.29, 1.82) is 0 Å². The molecule has 4 heteroatoms. The monoisotopic (exact) mass is 267 g/mol. The maximum atomic E-state index is 12.5. The number of hydrogen-bond donors (Lipinski definition) is 0. The molecule has 1 aliphatic rings. The second-order valence-electron chi connectivity index (χ2n) is 4.98. The topological polar surface area (TPSA) is 37.4 Å². The molecular formula is C14H21NO2S. The van der Waals surface area contributed by atoms with E-state index in [0.29, 0.717) is 18.0 Å². The van der Waals surface area contributed by atoms with Crippen LogP contribution in [0.5, 0.6) is 0 Å². The van der Waals surface area contributed by atoms with Gasteiger partial charge in [-0.1, -0.05) is 37.0 Å². The van der Waals surface area contributed by atoms with E-state index >= 15 is 0 Å². The molecule has 0 aliphatic carbocycles. The van der Waals surface area contributed by atoms with Crippen molar-refractivity contribution in [2.24, 2.45) is 0 Å². The van der Waals surface area contributed by atoms with Gasteiger partial charge in [-0.15, -0.1) is 0 Å². The average Bonchev–Trinajstić information content (AvgIpc) is 2.28. The number of benzene rings is 1. The highest BCUT2D eigenvalue weighted by Gasteiger charge is 2.24. The molecule has 0 atom stereocenters. The van der Waals surface area contributed by atoms with Crippen molar-refractivity contribution in [3.05, 3.63) is 29.8 Å². The Bertz CT molecular complexity index is 471. The highest BCUT2D eigenvalue weighted by atomic mass is 32.2. The van der Waals surface area contributed by atoms with Gasteiger partial charge in [0.1, 0.15) is 0 Å². The first-order valence-corrected chi connectivity index (χ1v) is 8.11. The third-order valence-corrected chi connectivity index (χ3v) is 5.39. The summed E-state index contributed by atoms with van der Waals surface area (Å²) in [5.41, 5.74) is 1.08. The van der Waals surface area contributed by atoms with Gasteiger partial charge in [-0.3, -0.25) is 0 Å². The van der Waals surface area contributed by atoms with E-state index in [1.807, 2.05) is 19.1 Å². The molecule has 1 saturated heterocycles. The van der Waals surface area contributed by atoms with E-state index in [1.54, 1.807) is 16.4 Å². The van der Waals surface area contributed by atoms with Crippen molar-refractivity contribution in [1.82, 2.24) is 4.31 Å². The van der Waals surface area contributed by atoms with Crippen LogP contribution >= 0.6 is 0 Å². The molecule has 18 heavy (non-hydrogen) atoms. The molecule has 3 nitrogen and oxygen atoms in total. The lowest BCUT2D eigenvalue weighted by Gasteiger charge is -2.24. The Hall–Kier alpha value is -0.870. The van der Waals surface area contributed by atoms with E-state index in [4.69, 9.17) is 0 Å². The zero-order valence-electron chi connectivity index (χ0n) is 10.9. The van der Waals surface area contributed by atoms with Crippen LogP contribution in [0.25, 0.3) is 0 Å². The lowest BCUT2D eigenvalue weighted by molar-refractivity contribution is 0.364. The van der Waals surface area contributed by atoms with Crippen LogP contribution in [0.15, 0.2) is 29.2 Å². The summed E-state index contributed by atoms with van der Waals surface area (Å²) in [5.74, 6) is 0. The standard InChI is InChI=1S/C14H21NO2S/c1-13-7-9-14(10-8-13)18(16,17)15-11-5-3-2-4-6-12-15/h7-10H,2-6,11-12H2,1H3. The lowest BCUT2D eigenvalue weighted by atomic mass is 10.1. The van der Waals surface area contributed by atoms with Gasteiger partial charge in [0.2, 0.25) is 10.0 Å². The summed E-state index contributed by atoms with van der Waals surface area (Å²) in [6, 6.07) is 7.14. The SMILES string of the molecule is Cc1ccc(S(=O)(=O)N2CCCCCCC2)cc1. The quantitative estimate of drug-likeness (QED) is 0.826. The van der Waals surface area contributed by atoms with E-state index < -0.39 is 10.0 Å². The predicted molar refractivity (Wildman–Crippen MR) is 73.0 cm³/mol. The second-order valence-corrected chi connectivity index (χ2v) is 6.92. The maximum absolute atomic E-state index is 12.5. The minimum Gasteiger partial charge on any atom is -0.207 e. The number of nitrogens with zero attached hydrogens (tertiary/aromatic N) is 1. The van der Waals surface area contributed by atoms with Crippen molar-refractivity contribution >= 4 is 10.0 Å². The Labute approximate surface area is 110 Å². The van der Waals surface area contributed by atoms with Gasteiger partial charge in [-0.2, -0.15) is 4.31 Å². The van der Waals surface area contributed by atoms with Gasteiger partial charge in [0.05, 0.1) is 4.90 Å². The summed E-state index contributed by atoms with van der Waals surface area (Å²) in [6.07, 6.45) is 5.47. The zero-order chi connectivity index (χ0) is 13.0. The van der Waals surface area contributed by atoms with Crippen LogP contribution in [0.4, 0.5) is 0 Å². The third kappa shape index (κ3) is 3.12. The molecule has 0 spiro atoms. The molecule has 0 saturated carbocycles. The summed E-state index contributed by atoms with van der Waals surface area (Å²) >= 11 is 0. The van der Waals surface area contributed by atoms with Crippen LogP contribution in [0.3, 0.4) is 0 Å². The second kappa shape index (κ2) is 5.85. The van der Waals surface area contributed by atoms with Gasteiger partial charge in [0.25, 0.3) is 0 Å². The molecule has 100 valence electrons. The Balaban J connectivity index is 2.20. The third-order valence-electron chi connectivity index (χ3n) is 3.47. The Kier molecular flexibility index (Phi) is 4.40. The van der Waals surface area contributed by atoms with Gasteiger partial charge in [0, 0.05) is 13.1 Å². The number of aryl methyl sites for hydroxylation is 1. The molecule has 0 N–H and O–H groups in total. The lowest BCUT2D eigenvalue weighted by Crippen LogP contribution is -2.33. The van der Waals surface area contributed by atoms with Crippen LogP contribution in [0, 0.1) is 6.92 Å². The van der Waals surface area contributed by atoms with E-state index in [0.717, 1.165) is 31.2 Å². The first-order valence-electron chi connectivity index (χ1n) is 6.67. The van der Waals surface area contributed by atoms with Crippen molar-refractivity contribution in [2.45, 2.75) is 43.9 Å². The van der Waals surface area contributed by atoms with Gasteiger partial charge in [-0.25, -0.2) is 8.42 Å². The van der Waals surface area contributed by atoms with Crippen LogP contribution in [0.1, 0.15) is 37.7 Å². The normalized spacial score (nSPS) is 19.2. The average molecular weight is 267 g/mol. The molecule has 0 aromatic heterocycles. The van der Waals surface area contributed by atoms with Crippen molar-refractivity contribution < 1.29 is 8.42 Å². The summed E-state index contributed by atoms with van der Waals surface area (Å²) in [4.78, 5) is 0.425. The highest BCUT2D eigenvalue weighted by Crippen LogP contribution is 2.20. The van der Waals surface area contributed by atoms with Crippen LogP contribution in [-0.2, 0) is 10.0 Å². The number of rotatable bonds is 2. The highest BCUT2D eigenvalue weighted by molar-refractivity contribution is 7.89. The van der Waals surface area contributed by atoms with Crippen molar-refractivity contribution in [3.63, 3.8) is 0 Å². The molecular weight excluding hydrogens is 246 g/mol. The first-order chi connectivity index (χ1) is 8.60. The first kappa shape index (κ1) is 13.6. The van der Waals surface area contributed by atoms with Gasteiger partial charge in [-0.05, 0) is 31.9 Å². The molecule has 1 aliphatic heterocycles. The molecule has 2 rings (SSSR count). The zero-order valence-corrected chi connectivity index (χ0v) is 11.7. The summed E-state index contributed by atoms with van der Waals surface area (Å²) in [6.45, 7) is 3.29. The summed E-state index contributed by atoms with van der Waals surface area (Å²) < 4.78 is 26.6. The van der Waals surface area contributed by atoms with Gasteiger partial charge >= 0.3 is 0 Å². The summed E-state index contributed by atoms with van der Waals surface area (Å²) in [5, 5.41) is 0. The van der Waals surface area contributed by atoms with Crippen LogP contribution < -0.4 is 0 Å².